The minimum absolute atomic E-state index is 0.287. The molecule has 1 aliphatic heterocycles. The highest BCUT2D eigenvalue weighted by Crippen LogP contribution is 2.19. The van der Waals surface area contributed by atoms with Crippen molar-refractivity contribution >= 4 is 5.69 Å². The van der Waals surface area contributed by atoms with Crippen LogP contribution in [-0.4, -0.2) is 18.0 Å². The SMILES string of the molecule is CC1=CCCN(Cc2cccc(F)c2N)C1. The van der Waals surface area contributed by atoms with Gasteiger partial charge in [-0.1, -0.05) is 23.8 Å². The normalized spacial score (nSPS) is 17.2. The Hall–Kier alpha value is -1.35. The summed E-state index contributed by atoms with van der Waals surface area (Å²) in [5.41, 5.74) is 8.27. The quantitative estimate of drug-likeness (QED) is 0.613. The lowest BCUT2D eigenvalue weighted by atomic mass is 10.1. The molecule has 1 heterocycles. The molecule has 0 amide bonds. The van der Waals surface area contributed by atoms with Crippen molar-refractivity contribution < 1.29 is 4.39 Å². The fraction of sp³-hybridized carbons (Fsp3) is 0.385. The summed E-state index contributed by atoms with van der Waals surface area (Å²) in [5, 5.41) is 0. The molecule has 2 N–H and O–H groups in total. The lowest BCUT2D eigenvalue weighted by Crippen LogP contribution is -2.29. The zero-order chi connectivity index (χ0) is 11.5. The molecule has 1 aromatic rings. The Morgan fingerprint density at radius 1 is 1.44 bits per heavy atom. The summed E-state index contributed by atoms with van der Waals surface area (Å²) < 4.78 is 13.3. The van der Waals surface area contributed by atoms with Gasteiger partial charge in [-0.15, -0.1) is 0 Å². The Morgan fingerprint density at radius 3 is 3.00 bits per heavy atom. The van der Waals surface area contributed by atoms with Crippen molar-refractivity contribution in [3.8, 4) is 0 Å². The van der Waals surface area contributed by atoms with E-state index in [0.29, 0.717) is 0 Å². The number of hydrogen-bond donors (Lipinski definition) is 1. The van der Waals surface area contributed by atoms with Crippen LogP contribution in [0.3, 0.4) is 0 Å². The van der Waals surface area contributed by atoms with E-state index in [-0.39, 0.29) is 11.5 Å². The smallest absolute Gasteiger partial charge is 0.146 e. The van der Waals surface area contributed by atoms with E-state index in [9.17, 15) is 4.39 Å². The van der Waals surface area contributed by atoms with Crippen LogP contribution in [0.4, 0.5) is 10.1 Å². The molecule has 0 atom stereocenters. The second-order valence-electron chi connectivity index (χ2n) is 4.36. The zero-order valence-electron chi connectivity index (χ0n) is 9.54. The van der Waals surface area contributed by atoms with Gasteiger partial charge in [-0.05, 0) is 25.0 Å². The van der Waals surface area contributed by atoms with Crippen LogP contribution in [0.2, 0.25) is 0 Å². The van der Waals surface area contributed by atoms with E-state index in [1.165, 1.54) is 11.6 Å². The Bertz CT molecular complexity index is 412. The lowest BCUT2D eigenvalue weighted by molar-refractivity contribution is 0.282. The third-order valence-corrected chi connectivity index (χ3v) is 2.95. The first-order valence-corrected chi connectivity index (χ1v) is 5.57. The van der Waals surface area contributed by atoms with Gasteiger partial charge in [0.2, 0.25) is 0 Å². The first-order chi connectivity index (χ1) is 7.66. The molecule has 0 radical (unpaired) electrons. The van der Waals surface area contributed by atoms with Crippen molar-refractivity contribution in [1.82, 2.24) is 4.90 Å². The maximum Gasteiger partial charge on any atom is 0.146 e. The van der Waals surface area contributed by atoms with Gasteiger partial charge in [0.05, 0.1) is 5.69 Å². The van der Waals surface area contributed by atoms with E-state index in [2.05, 4.69) is 17.9 Å². The van der Waals surface area contributed by atoms with E-state index in [1.807, 2.05) is 6.07 Å². The predicted octanol–water partition coefficient (Wildman–Crippen LogP) is 2.56. The number of rotatable bonds is 2. The molecule has 0 bridgehead atoms. The maximum atomic E-state index is 13.3. The number of nitrogen functional groups attached to an aromatic ring is 1. The van der Waals surface area contributed by atoms with Crippen LogP contribution in [0, 0.1) is 5.82 Å². The van der Waals surface area contributed by atoms with Gasteiger partial charge >= 0.3 is 0 Å². The molecule has 86 valence electrons. The zero-order valence-corrected chi connectivity index (χ0v) is 9.54. The molecule has 1 aromatic carbocycles. The van der Waals surface area contributed by atoms with Crippen molar-refractivity contribution in [3.63, 3.8) is 0 Å². The maximum absolute atomic E-state index is 13.3. The summed E-state index contributed by atoms with van der Waals surface area (Å²) in [5.74, 6) is -0.318. The van der Waals surface area contributed by atoms with Gasteiger partial charge in [-0.25, -0.2) is 4.39 Å². The van der Waals surface area contributed by atoms with Crippen molar-refractivity contribution in [1.29, 1.82) is 0 Å². The van der Waals surface area contributed by atoms with E-state index in [0.717, 1.165) is 31.6 Å². The molecule has 3 heteroatoms. The highest BCUT2D eigenvalue weighted by Gasteiger charge is 2.12. The minimum Gasteiger partial charge on any atom is -0.396 e. The molecular weight excluding hydrogens is 203 g/mol. The lowest BCUT2D eigenvalue weighted by Gasteiger charge is -2.26. The van der Waals surface area contributed by atoms with Gasteiger partial charge in [0.15, 0.2) is 0 Å². The van der Waals surface area contributed by atoms with E-state index in [4.69, 9.17) is 5.73 Å². The Labute approximate surface area is 95.6 Å². The largest absolute Gasteiger partial charge is 0.396 e. The summed E-state index contributed by atoms with van der Waals surface area (Å²) in [6, 6.07) is 5.01. The molecule has 2 nitrogen and oxygen atoms in total. The van der Waals surface area contributed by atoms with Crippen molar-refractivity contribution in [2.45, 2.75) is 19.9 Å². The highest BCUT2D eigenvalue weighted by atomic mass is 19.1. The highest BCUT2D eigenvalue weighted by molar-refractivity contribution is 5.47. The summed E-state index contributed by atoms with van der Waals surface area (Å²) in [7, 11) is 0. The molecule has 0 aromatic heterocycles. The number of hydrogen-bond acceptors (Lipinski definition) is 2. The fourth-order valence-electron chi connectivity index (χ4n) is 2.09. The summed E-state index contributed by atoms with van der Waals surface area (Å²) >= 11 is 0. The topological polar surface area (TPSA) is 29.3 Å². The number of halogens is 1. The van der Waals surface area contributed by atoms with Crippen LogP contribution in [-0.2, 0) is 6.54 Å². The molecule has 0 spiro atoms. The summed E-state index contributed by atoms with van der Waals surface area (Å²) in [6.07, 6.45) is 3.33. The minimum atomic E-state index is -0.318. The molecule has 16 heavy (non-hydrogen) atoms. The Morgan fingerprint density at radius 2 is 2.25 bits per heavy atom. The average Bonchev–Trinajstić information content (AvgIpc) is 2.25. The number of nitrogens with two attached hydrogens (primary N) is 1. The summed E-state index contributed by atoms with van der Waals surface area (Å²) in [6.45, 7) is 4.83. The number of para-hydroxylation sites is 1. The van der Waals surface area contributed by atoms with Crippen LogP contribution in [0.5, 0.6) is 0 Å². The van der Waals surface area contributed by atoms with Gasteiger partial charge in [0.1, 0.15) is 5.82 Å². The third kappa shape index (κ3) is 2.42. The third-order valence-electron chi connectivity index (χ3n) is 2.95. The second kappa shape index (κ2) is 4.66. The predicted molar refractivity (Wildman–Crippen MR) is 64.5 cm³/mol. The number of benzene rings is 1. The van der Waals surface area contributed by atoms with E-state index >= 15 is 0 Å². The van der Waals surface area contributed by atoms with Crippen LogP contribution in [0.15, 0.2) is 29.8 Å². The van der Waals surface area contributed by atoms with Crippen LogP contribution in [0.1, 0.15) is 18.9 Å². The van der Waals surface area contributed by atoms with E-state index < -0.39 is 0 Å². The number of anilines is 1. The van der Waals surface area contributed by atoms with Crippen molar-refractivity contribution in [2.24, 2.45) is 0 Å². The molecule has 0 unspecified atom stereocenters. The molecule has 2 rings (SSSR count). The molecule has 0 fully saturated rings. The van der Waals surface area contributed by atoms with Gasteiger partial charge in [0.25, 0.3) is 0 Å². The molecule has 1 aliphatic rings. The molecule has 0 saturated carbocycles. The Balaban J connectivity index is 2.09. The average molecular weight is 220 g/mol. The monoisotopic (exact) mass is 220 g/mol. The van der Waals surface area contributed by atoms with Gasteiger partial charge in [0, 0.05) is 19.6 Å². The molecule has 0 aliphatic carbocycles. The van der Waals surface area contributed by atoms with Crippen LogP contribution < -0.4 is 5.73 Å². The van der Waals surface area contributed by atoms with Crippen LogP contribution in [0.25, 0.3) is 0 Å². The standard InChI is InChI=1S/C13H17FN2/c1-10-4-3-7-16(8-10)9-11-5-2-6-12(14)13(11)15/h2,4-6H,3,7-9,15H2,1H3. The first-order valence-electron chi connectivity index (χ1n) is 5.57. The first kappa shape index (κ1) is 11.1. The molecular formula is C13H17FN2. The molecule has 0 saturated heterocycles. The summed E-state index contributed by atoms with van der Waals surface area (Å²) in [4.78, 5) is 2.29. The van der Waals surface area contributed by atoms with E-state index in [1.54, 1.807) is 6.07 Å². The number of nitrogens with zero attached hydrogens (tertiary/aromatic N) is 1. The second-order valence-corrected chi connectivity index (χ2v) is 4.36. The van der Waals surface area contributed by atoms with Gasteiger partial charge in [-0.2, -0.15) is 0 Å². The van der Waals surface area contributed by atoms with Gasteiger partial charge < -0.3 is 5.73 Å². The van der Waals surface area contributed by atoms with Crippen molar-refractivity contribution in [2.75, 3.05) is 18.8 Å². The van der Waals surface area contributed by atoms with Crippen molar-refractivity contribution in [3.05, 3.63) is 41.2 Å². The fourth-order valence-corrected chi connectivity index (χ4v) is 2.09. The van der Waals surface area contributed by atoms with Crippen LogP contribution >= 0.6 is 0 Å². The Kier molecular flexibility index (Phi) is 3.25. The van der Waals surface area contributed by atoms with Gasteiger partial charge in [-0.3, -0.25) is 4.90 Å².